The van der Waals surface area contributed by atoms with Gasteiger partial charge in [0.05, 0.1) is 0 Å². The topological polar surface area (TPSA) is 35.5 Å². The molecule has 1 heterocycles. The minimum Gasteiger partial charge on any atom is -0.396 e. The highest BCUT2D eigenvalue weighted by Gasteiger charge is 2.22. The number of nitrogens with zero attached hydrogens (tertiary/aromatic N) is 1. The van der Waals surface area contributed by atoms with Crippen LogP contribution < -0.4 is 5.32 Å². The van der Waals surface area contributed by atoms with Crippen molar-refractivity contribution in [3.05, 3.63) is 35.1 Å². The lowest BCUT2D eigenvalue weighted by molar-refractivity contribution is 0.154. The Hall–Kier alpha value is -0.680. The first kappa shape index (κ1) is 17.4. The van der Waals surface area contributed by atoms with E-state index in [1.165, 1.54) is 0 Å². The summed E-state index contributed by atoms with van der Waals surface area (Å²) in [4.78, 5) is 2.39. The van der Waals surface area contributed by atoms with Crippen molar-refractivity contribution in [1.29, 1.82) is 0 Å². The average Bonchev–Trinajstić information content (AvgIpc) is 2.44. The molecule has 5 heteroatoms. The summed E-state index contributed by atoms with van der Waals surface area (Å²) in [7, 11) is 0. The van der Waals surface area contributed by atoms with Gasteiger partial charge in [-0.05, 0) is 37.0 Å². The first-order chi connectivity index (χ1) is 9.22. The molecule has 3 nitrogen and oxygen atoms in total. The highest BCUT2D eigenvalue weighted by molar-refractivity contribution is 5.85. The molecule has 0 unspecified atom stereocenters. The van der Waals surface area contributed by atoms with E-state index in [-0.39, 0.29) is 30.9 Å². The molecule has 0 aromatic heterocycles. The second-order valence-electron chi connectivity index (χ2n) is 5.18. The summed E-state index contributed by atoms with van der Waals surface area (Å²) in [5.41, 5.74) is 1.71. The van der Waals surface area contributed by atoms with E-state index in [1.54, 1.807) is 13.0 Å². The number of hydrogen-bond acceptors (Lipinski definition) is 3. The minimum absolute atomic E-state index is 0. The summed E-state index contributed by atoms with van der Waals surface area (Å²) < 4.78 is 13.7. The summed E-state index contributed by atoms with van der Waals surface area (Å²) in [6, 6.07) is 5.73. The molecule has 1 saturated heterocycles. The zero-order chi connectivity index (χ0) is 13.7. The zero-order valence-corrected chi connectivity index (χ0v) is 12.8. The molecule has 2 rings (SSSR count). The molecule has 1 aromatic rings. The molecule has 1 aliphatic rings. The van der Waals surface area contributed by atoms with Crippen LogP contribution >= 0.6 is 12.4 Å². The van der Waals surface area contributed by atoms with E-state index in [1.807, 2.05) is 12.1 Å². The highest BCUT2D eigenvalue weighted by atomic mass is 35.5. The van der Waals surface area contributed by atoms with Crippen LogP contribution in [-0.4, -0.2) is 42.8 Å². The predicted molar refractivity (Wildman–Crippen MR) is 81.9 cm³/mol. The summed E-state index contributed by atoms with van der Waals surface area (Å²) in [5, 5.41) is 12.4. The maximum Gasteiger partial charge on any atom is 0.126 e. The number of aliphatic hydroxyl groups excluding tert-OH is 1. The summed E-state index contributed by atoms with van der Waals surface area (Å²) >= 11 is 0. The van der Waals surface area contributed by atoms with E-state index >= 15 is 0 Å². The van der Waals surface area contributed by atoms with E-state index in [0.29, 0.717) is 5.56 Å². The van der Waals surface area contributed by atoms with Gasteiger partial charge in [0, 0.05) is 38.8 Å². The van der Waals surface area contributed by atoms with E-state index < -0.39 is 0 Å². The van der Waals surface area contributed by atoms with Gasteiger partial charge >= 0.3 is 0 Å². The standard InChI is InChI=1S/C15H23FN2O.ClH/c1-12-4-5-13(11-14(12)16)15(3-2-10-19)18-8-6-17-7-9-18;/h4-5,11,15,17,19H,2-3,6-10H2,1H3;1H/t15-;/m0./s1. The third-order valence-corrected chi connectivity index (χ3v) is 3.81. The molecule has 0 saturated carbocycles. The van der Waals surface area contributed by atoms with Crippen molar-refractivity contribution in [3.8, 4) is 0 Å². The Bertz CT molecular complexity index is 411. The maximum absolute atomic E-state index is 13.7. The molecule has 1 aliphatic heterocycles. The van der Waals surface area contributed by atoms with Gasteiger partial charge in [-0.2, -0.15) is 0 Å². The number of rotatable bonds is 5. The maximum atomic E-state index is 13.7. The monoisotopic (exact) mass is 302 g/mol. The largest absolute Gasteiger partial charge is 0.396 e. The van der Waals surface area contributed by atoms with Crippen molar-refractivity contribution in [2.24, 2.45) is 0 Å². The number of nitrogens with one attached hydrogen (secondary N) is 1. The Morgan fingerprint density at radius 3 is 2.65 bits per heavy atom. The number of aryl methyl sites for hydroxylation is 1. The second kappa shape index (κ2) is 8.57. The van der Waals surface area contributed by atoms with Crippen LogP contribution in [0.2, 0.25) is 0 Å². The minimum atomic E-state index is -0.137. The van der Waals surface area contributed by atoms with Crippen LogP contribution in [0.4, 0.5) is 4.39 Å². The van der Waals surface area contributed by atoms with E-state index in [4.69, 9.17) is 5.11 Å². The molecule has 0 aliphatic carbocycles. The van der Waals surface area contributed by atoms with Gasteiger partial charge in [0.15, 0.2) is 0 Å². The molecule has 1 atom stereocenters. The van der Waals surface area contributed by atoms with Crippen LogP contribution in [0.15, 0.2) is 18.2 Å². The molecule has 1 aromatic carbocycles. The van der Waals surface area contributed by atoms with Crippen LogP contribution in [-0.2, 0) is 0 Å². The normalized spacial score (nSPS) is 17.6. The fourth-order valence-electron chi connectivity index (χ4n) is 2.65. The Morgan fingerprint density at radius 2 is 2.05 bits per heavy atom. The highest BCUT2D eigenvalue weighted by Crippen LogP contribution is 2.27. The van der Waals surface area contributed by atoms with Gasteiger partial charge in [0.2, 0.25) is 0 Å². The first-order valence-corrected chi connectivity index (χ1v) is 7.04. The number of benzene rings is 1. The molecule has 114 valence electrons. The quantitative estimate of drug-likeness (QED) is 0.876. The summed E-state index contributed by atoms with van der Waals surface area (Å²) in [6.07, 6.45) is 1.63. The Labute approximate surface area is 126 Å². The lowest BCUT2D eigenvalue weighted by atomic mass is 9.98. The molecule has 0 amide bonds. The van der Waals surface area contributed by atoms with Crippen molar-refractivity contribution in [2.75, 3.05) is 32.8 Å². The van der Waals surface area contributed by atoms with Gasteiger partial charge in [-0.3, -0.25) is 4.90 Å². The molecule has 0 bridgehead atoms. The van der Waals surface area contributed by atoms with E-state index in [2.05, 4.69) is 10.2 Å². The average molecular weight is 303 g/mol. The molecular weight excluding hydrogens is 279 g/mol. The van der Waals surface area contributed by atoms with Gasteiger partial charge in [-0.1, -0.05) is 12.1 Å². The van der Waals surface area contributed by atoms with Gasteiger partial charge in [0.1, 0.15) is 5.82 Å². The number of hydrogen-bond donors (Lipinski definition) is 2. The van der Waals surface area contributed by atoms with Gasteiger partial charge < -0.3 is 10.4 Å². The van der Waals surface area contributed by atoms with Gasteiger partial charge in [-0.15, -0.1) is 12.4 Å². The molecule has 0 radical (unpaired) electrons. The SMILES string of the molecule is Cc1ccc([C@H](CCCO)N2CCNCC2)cc1F.Cl. The van der Waals surface area contributed by atoms with Crippen LogP contribution in [0.5, 0.6) is 0 Å². The smallest absolute Gasteiger partial charge is 0.126 e. The predicted octanol–water partition coefficient (Wildman–Crippen LogP) is 2.27. The zero-order valence-electron chi connectivity index (χ0n) is 11.9. The van der Waals surface area contributed by atoms with Gasteiger partial charge in [-0.25, -0.2) is 4.39 Å². The van der Waals surface area contributed by atoms with E-state index in [9.17, 15) is 4.39 Å². The third kappa shape index (κ3) is 4.42. The van der Waals surface area contributed by atoms with E-state index in [0.717, 1.165) is 44.6 Å². The Morgan fingerprint density at radius 1 is 1.35 bits per heavy atom. The molecule has 0 spiro atoms. The Balaban J connectivity index is 0.00000200. The van der Waals surface area contributed by atoms with Crippen LogP contribution in [0, 0.1) is 12.7 Å². The third-order valence-electron chi connectivity index (χ3n) is 3.81. The fourth-order valence-corrected chi connectivity index (χ4v) is 2.65. The summed E-state index contributed by atoms with van der Waals surface area (Å²) in [6.45, 7) is 5.88. The lowest BCUT2D eigenvalue weighted by Gasteiger charge is -2.35. The van der Waals surface area contributed by atoms with Crippen molar-refractivity contribution >= 4 is 12.4 Å². The van der Waals surface area contributed by atoms with Crippen LogP contribution in [0.1, 0.15) is 30.0 Å². The molecule has 1 fully saturated rings. The van der Waals surface area contributed by atoms with Gasteiger partial charge in [0.25, 0.3) is 0 Å². The lowest BCUT2D eigenvalue weighted by Crippen LogP contribution is -2.45. The first-order valence-electron chi connectivity index (χ1n) is 7.04. The number of halogens is 2. The van der Waals surface area contributed by atoms with Crippen LogP contribution in [0.3, 0.4) is 0 Å². The van der Waals surface area contributed by atoms with Crippen molar-refractivity contribution in [2.45, 2.75) is 25.8 Å². The molecule has 2 N–H and O–H groups in total. The molecular formula is C15H24ClFN2O. The van der Waals surface area contributed by atoms with Crippen molar-refractivity contribution < 1.29 is 9.50 Å². The Kier molecular flexibility index (Phi) is 7.45. The molecule has 20 heavy (non-hydrogen) atoms. The van der Waals surface area contributed by atoms with Crippen molar-refractivity contribution in [3.63, 3.8) is 0 Å². The van der Waals surface area contributed by atoms with Crippen LogP contribution in [0.25, 0.3) is 0 Å². The second-order valence-corrected chi connectivity index (χ2v) is 5.18. The number of aliphatic hydroxyl groups is 1. The fraction of sp³-hybridized carbons (Fsp3) is 0.600. The van der Waals surface area contributed by atoms with Crippen molar-refractivity contribution in [1.82, 2.24) is 10.2 Å². The number of piperazine rings is 1. The summed E-state index contributed by atoms with van der Waals surface area (Å²) in [5.74, 6) is -0.137.